The molecule has 1 aliphatic carbocycles. The molecule has 1 nitrogen and oxygen atoms in total. The highest BCUT2D eigenvalue weighted by Gasteiger charge is 2.42. The molecule has 3 rings (SSSR count). The minimum Gasteiger partial charge on any atom is -0.493 e. The zero-order valence-electron chi connectivity index (χ0n) is 11.8. The van der Waals surface area contributed by atoms with Gasteiger partial charge < -0.3 is 4.74 Å². The van der Waals surface area contributed by atoms with Gasteiger partial charge in [0.25, 0.3) is 0 Å². The van der Waals surface area contributed by atoms with Gasteiger partial charge in [0, 0.05) is 22.1 Å². The van der Waals surface area contributed by atoms with Crippen LogP contribution in [-0.2, 0) is 0 Å². The molecule has 0 N–H and O–H groups in total. The van der Waals surface area contributed by atoms with E-state index in [1.165, 1.54) is 37.7 Å². The van der Waals surface area contributed by atoms with Crippen LogP contribution in [-0.4, -0.2) is 17.3 Å². The molecule has 0 saturated heterocycles. The van der Waals surface area contributed by atoms with E-state index in [1.54, 1.807) is 0 Å². The zero-order valence-corrected chi connectivity index (χ0v) is 15.0. The molecule has 110 valence electrons. The molecule has 1 atom stereocenters. The van der Waals surface area contributed by atoms with E-state index in [1.807, 2.05) is 0 Å². The third kappa shape index (κ3) is 2.68. The third-order valence-electron chi connectivity index (χ3n) is 5.21. The van der Waals surface area contributed by atoms with Crippen LogP contribution in [0.4, 0.5) is 0 Å². The fourth-order valence-corrected chi connectivity index (χ4v) is 6.26. The fourth-order valence-electron chi connectivity index (χ4n) is 3.96. The van der Waals surface area contributed by atoms with Crippen LogP contribution in [0.1, 0.15) is 43.6 Å². The molecular formula is C17H22Br2O. The Bertz CT molecular complexity index is 450. The standard InChI is InChI=1S/C17H22Br2O/c18-11-17(12-19,14-5-1-2-6-14)9-13-10-20-16-8-4-3-7-15(13)16/h3-4,7-8,13-14H,1-2,5-6,9-12H2. The first-order valence-electron chi connectivity index (χ1n) is 7.63. The van der Waals surface area contributed by atoms with Crippen LogP contribution < -0.4 is 4.74 Å². The quantitative estimate of drug-likeness (QED) is 0.590. The van der Waals surface area contributed by atoms with Crippen molar-refractivity contribution in [3.8, 4) is 5.75 Å². The van der Waals surface area contributed by atoms with Gasteiger partial charge >= 0.3 is 0 Å². The molecule has 1 aromatic carbocycles. The second-order valence-corrected chi connectivity index (χ2v) is 7.48. The van der Waals surface area contributed by atoms with Crippen LogP contribution in [0.5, 0.6) is 5.75 Å². The normalized spacial score (nSPS) is 22.8. The van der Waals surface area contributed by atoms with E-state index < -0.39 is 0 Å². The first-order chi connectivity index (χ1) is 9.79. The molecule has 0 radical (unpaired) electrons. The molecule has 1 heterocycles. The first-order valence-corrected chi connectivity index (χ1v) is 9.87. The van der Waals surface area contributed by atoms with Gasteiger partial charge in [-0.2, -0.15) is 0 Å². The summed E-state index contributed by atoms with van der Waals surface area (Å²) in [5.74, 6) is 2.51. The lowest BCUT2D eigenvalue weighted by atomic mass is 9.71. The summed E-state index contributed by atoms with van der Waals surface area (Å²) in [6.45, 7) is 0.855. The molecule has 2 aliphatic rings. The van der Waals surface area contributed by atoms with Crippen molar-refractivity contribution < 1.29 is 4.74 Å². The topological polar surface area (TPSA) is 9.23 Å². The second-order valence-electron chi connectivity index (χ2n) is 6.36. The van der Waals surface area contributed by atoms with Gasteiger partial charge in [-0.1, -0.05) is 62.9 Å². The summed E-state index contributed by atoms with van der Waals surface area (Å²) in [5, 5.41) is 2.18. The Morgan fingerprint density at radius 2 is 1.80 bits per heavy atom. The number of alkyl halides is 2. The van der Waals surface area contributed by atoms with Gasteiger partial charge in [-0.25, -0.2) is 0 Å². The Kier molecular flexibility index (Phi) is 4.76. The van der Waals surface area contributed by atoms with Crippen molar-refractivity contribution in [2.75, 3.05) is 17.3 Å². The SMILES string of the molecule is BrCC(CBr)(CC1COc2ccccc21)C1CCCC1. The van der Waals surface area contributed by atoms with Crippen LogP contribution in [0.25, 0.3) is 0 Å². The summed E-state index contributed by atoms with van der Waals surface area (Å²) in [6.07, 6.45) is 6.83. The van der Waals surface area contributed by atoms with E-state index in [0.717, 1.165) is 28.9 Å². The Hall–Kier alpha value is -0.0200. The van der Waals surface area contributed by atoms with Crippen LogP contribution in [0.15, 0.2) is 24.3 Å². The number of rotatable bonds is 5. The Morgan fingerprint density at radius 1 is 1.10 bits per heavy atom. The second kappa shape index (κ2) is 6.39. The predicted molar refractivity (Wildman–Crippen MR) is 91.3 cm³/mol. The zero-order chi connectivity index (χ0) is 14.0. The summed E-state index contributed by atoms with van der Waals surface area (Å²) in [6, 6.07) is 8.56. The van der Waals surface area contributed by atoms with Crippen LogP contribution in [0.3, 0.4) is 0 Å². The van der Waals surface area contributed by atoms with Crippen molar-refractivity contribution in [1.29, 1.82) is 0 Å². The lowest BCUT2D eigenvalue weighted by molar-refractivity contribution is 0.187. The van der Waals surface area contributed by atoms with E-state index in [2.05, 4.69) is 56.1 Å². The van der Waals surface area contributed by atoms with Crippen LogP contribution in [0.2, 0.25) is 0 Å². The molecule has 1 saturated carbocycles. The van der Waals surface area contributed by atoms with Crippen LogP contribution >= 0.6 is 31.9 Å². The maximum absolute atomic E-state index is 5.88. The highest BCUT2D eigenvalue weighted by molar-refractivity contribution is 9.09. The summed E-state index contributed by atoms with van der Waals surface area (Å²) in [5.41, 5.74) is 1.79. The Labute approximate surface area is 138 Å². The molecule has 1 aliphatic heterocycles. The van der Waals surface area contributed by atoms with E-state index in [0.29, 0.717) is 11.3 Å². The van der Waals surface area contributed by atoms with Gasteiger partial charge in [0.1, 0.15) is 5.75 Å². The van der Waals surface area contributed by atoms with E-state index in [-0.39, 0.29) is 0 Å². The molecule has 20 heavy (non-hydrogen) atoms. The van der Waals surface area contributed by atoms with Crippen molar-refractivity contribution in [2.24, 2.45) is 11.3 Å². The number of fused-ring (bicyclic) bond motifs is 1. The third-order valence-corrected chi connectivity index (χ3v) is 7.44. The molecular weight excluding hydrogens is 380 g/mol. The van der Waals surface area contributed by atoms with Crippen molar-refractivity contribution in [1.82, 2.24) is 0 Å². The summed E-state index contributed by atoms with van der Waals surface area (Å²) in [7, 11) is 0. The molecule has 0 bridgehead atoms. The minimum absolute atomic E-state index is 0.377. The summed E-state index contributed by atoms with van der Waals surface area (Å²) < 4.78 is 5.88. The molecule has 1 aromatic rings. The number of hydrogen-bond donors (Lipinski definition) is 0. The van der Waals surface area contributed by atoms with Gasteiger partial charge in [-0.3, -0.25) is 0 Å². The van der Waals surface area contributed by atoms with Crippen molar-refractivity contribution in [2.45, 2.75) is 38.0 Å². The lowest BCUT2D eigenvalue weighted by Gasteiger charge is -2.38. The monoisotopic (exact) mass is 400 g/mol. The predicted octanol–water partition coefficient (Wildman–Crippen LogP) is 5.52. The summed E-state index contributed by atoms with van der Waals surface area (Å²) in [4.78, 5) is 0. The van der Waals surface area contributed by atoms with Gasteiger partial charge in [-0.15, -0.1) is 0 Å². The number of benzene rings is 1. The molecule has 1 fully saturated rings. The van der Waals surface area contributed by atoms with E-state index >= 15 is 0 Å². The minimum atomic E-state index is 0.377. The van der Waals surface area contributed by atoms with Gasteiger partial charge in [0.15, 0.2) is 0 Å². The van der Waals surface area contributed by atoms with E-state index in [9.17, 15) is 0 Å². The fraction of sp³-hybridized carbons (Fsp3) is 0.647. The molecule has 0 spiro atoms. The molecule has 0 amide bonds. The largest absolute Gasteiger partial charge is 0.493 e. The van der Waals surface area contributed by atoms with Crippen molar-refractivity contribution in [3.63, 3.8) is 0 Å². The molecule has 0 aromatic heterocycles. The number of halogens is 2. The lowest BCUT2D eigenvalue weighted by Crippen LogP contribution is -2.35. The molecule has 1 unspecified atom stereocenters. The van der Waals surface area contributed by atoms with Gasteiger partial charge in [0.2, 0.25) is 0 Å². The maximum atomic E-state index is 5.88. The Balaban J connectivity index is 1.81. The number of para-hydroxylation sites is 1. The van der Waals surface area contributed by atoms with Crippen molar-refractivity contribution >= 4 is 31.9 Å². The first kappa shape index (κ1) is 14.9. The van der Waals surface area contributed by atoms with Gasteiger partial charge in [0.05, 0.1) is 6.61 Å². The average molecular weight is 402 g/mol. The highest BCUT2D eigenvalue weighted by Crippen LogP contribution is 2.50. The Morgan fingerprint density at radius 3 is 2.50 bits per heavy atom. The summed E-state index contributed by atoms with van der Waals surface area (Å²) >= 11 is 7.64. The smallest absolute Gasteiger partial charge is 0.122 e. The van der Waals surface area contributed by atoms with Crippen LogP contribution in [0, 0.1) is 11.3 Å². The van der Waals surface area contributed by atoms with Crippen molar-refractivity contribution in [3.05, 3.63) is 29.8 Å². The maximum Gasteiger partial charge on any atom is 0.122 e. The molecule has 3 heteroatoms. The highest BCUT2D eigenvalue weighted by atomic mass is 79.9. The number of ether oxygens (including phenoxy) is 1. The number of hydrogen-bond acceptors (Lipinski definition) is 1. The average Bonchev–Trinajstić information content (AvgIpc) is 3.15. The van der Waals surface area contributed by atoms with E-state index in [4.69, 9.17) is 4.74 Å². The van der Waals surface area contributed by atoms with Gasteiger partial charge in [-0.05, 0) is 36.7 Å².